The number of carbonyl (C=O) groups excluding carboxylic acids is 2. The number of hydrogen-bond acceptors (Lipinski definition) is 4. The smallest absolute Gasteiger partial charge is 0.240 e. The van der Waals surface area contributed by atoms with Gasteiger partial charge in [0.2, 0.25) is 11.8 Å². The number of carbonyl (C=O) groups is 2. The summed E-state index contributed by atoms with van der Waals surface area (Å²) in [5.41, 5.74) is 3.60. The molecule has 2 heterocycles. The van der Waals surface area contributed by atoms with Crippen LogP contribution >= 0.6 is 0 Å². The fourth-order valence-corrected chi connectivity index (χ4v) is 6.60. The molecule has 202 valence electrons. The Morgan fingerprint density at radius 2 is 1.84 bits per heavy atom. The molecule has 1 aliphatic heterocycles. The molecule has 3 aliphatic rings. The van der Waals surface area contributed by atoms with E-state index in [1.807, 2.05) is 18.2 Å². The topological polar surface area (TPSA) is 83.1 Å². The quantitative estimate of drug-likeness (QED) is 0.328. The molecular formula is C32H42N4O2. The number of fused-ring (bicyclic) bond motifs is 3. The van der Waals surface area contributed by atoms with Gasteiger partial charge in [-0.25, -0.2) is 4.98 Å². The summed E-state index contributed by atoms with van der Waals surface area (Å²) in [5, 5.41) is 9.77. The Balaban J connectivity index is 1.13. The van der Waals surface area contributed by atoms with Gasteiger partial charge in [-0.2, -0.15) is 0 Å². The van der Waals surface area contributed by atoms with Crippen LogP contribution in [0.2, 0.25) is 0 Å². The van der Waals surface area contributed by atoms with Gasteiger partial charge < -0.3 is 16.0 Å². The van der Waals surface area contributed by atoms with E-state index in [4.69, 9.17) is 0 Å². The molecule has 0 radical (unpaired) electrons. The summed E-state index contributed by atoms with van der Waals surface area (Å²) in [7, 11) is 0. The van der Waals surface area contributed by atoms with Crippen molar-refractivity contribution in [2.45, 2.75) is 94.9 Å². The average molecular weight is 515 g/mol. The Kier molecular flexibility index (Phi) is 8.27. The highest BCUT2D eigenvalue weighted by atomic mass is 16.2. The van der Waals surface area contributed by atoms with E-state index in [-0.39, 0.29) is 11.8 Å². The first-order valence-corrected chi connectivity index (χ1v) is 14.6. The minimum Gasteiger partial charge on any atom is -0.351 e. The molecule has 1 aromatic heterocycles. The summed E-state index contributed by atoms with van der Waals surface area (Å²) in [6.07, 6.45) is 18.9. The highest BCUT2D eigenvalue weighted by molar-refractivity contribution is 6.06. The lowest BCUT2D eigenvalue weighted by Crippen LogP contribution is -2.55. The highest BCUT2D eigenvalue weighted by Gasteiger charge is 2.51. The number of amides is 2. The summed E-state index contributed by atoms with van der Waals surface area (Å²) in [5.74, 6) is 0.886. The van der Waals surface area contributed by atoms with Crippen LogP contribution in [-0.4, -0.2) is 35.4 Å². The number of unbranched alkanes of at least 4 members (excludes halogenated alkanes) is 5. The van der Waals surface area contributed by atoms with Gasteiger partial charge in [0, 0.05) is 18.3 Å². The van der Waals surface area contributed by atoms with Crippen molar-refractivity contribution in [3.05, 3.63) is 64.9 Å². The Labute approximate surface area is 227 Å². The number of hydrogen-bond donors (Lipinski definition) is 3. The van der Waals surface area contributed by atoms with Crippen LogP contribution in [-0.2, 0) is 27.8 Å². The molecule has 1 saturated carbocycles. The van der Waals surface area contributed by atoms with Crippen LogP contribution in [0.3, 0.4) is 0 Å². The zero-order valence-corrected chi connectivity index (χ0v) is 22.8. The average Bonchev–Trinajstić information content (AvgIpc) is 3.63. The van der Waals surface area contributed by atoms with E-state index in [0.717, 1.165) is 49.8 Å². The van der Waals surface area contributed by atoms with Gasteiger partial charge >= 0.3 is 0 Å². The van der Waals surface area contributed by atoms with E-state index in [0.29, 0.717) is 25.2 Å². The zero-order valence-electron chi connectivity index (χ0n) is 22.8. The molecule has 2 aliphatic carbocycles. The van der Waals surface area contributed by atoms with Gasteiger partial charge in [0.25, 0.3) is 0 Å². The Morgan fingerprint density at radius 3 is 2.68 bits per heavy atom. The maximum Gasteiger partial charge on any atom is 0.240 e. The van der Waals surface area contributed by atoms with Crippen molar-refractivity contribution >= 4 is 23.7 Å². The fraction of sp³-hybridized carbons (Fsp3) is 0.531. The number of nitrogens with one attached hydrogen (secondary N) is 3. The van der Waals surface area contributed by atoms with Gasteiger partial charge in [0.15, 0.2) is 0 Å². The molecule has 2 amide bonds. The number of pyridine rings is 1. The summed E-state index contributed by atoms with van der Waals surface area (Å²) in [6, 6.07) is 10.4. The molecule has 5 rings (SSSR count). The van der Waals surface area contributed by atoms with Crippen LogP contribution in [0.4, 0.5) is 5.82 Å². The zero-order chi connectivity index (χ0) is 26.4. The lowest BCUT2D eigenvalue weighted by molar-refractivity contribution is -0.127. The molecule has 0 saturated heterocycles. The van der Waals surface area contributed by atoms with Gasteiger partial charge in [-0.15, -0.1) is 0 Å². The number of rotatable bonds is 12. The van der Waals surface area contributed by atoms with E-state index in [1.165, 1.54) is 43.2 Å². The lowest BCUT2D eigenvalue weighted by atomic mass is 9.79. The third-order valence-electron chi connectivity index (χ3n) is 8.78. The van der Waals surface area contributed by atoms with Crippen molar-refractivity contribution in [3.8, 4) is 0 Å². The number of aromatic nitrogens is 1. The normalized spacial score (nSPS) is 21.1. The Morgan fingerprint density at radius 1 is 1.05 bits per heavy atom. The molecule has 6 heteroatoms. The molecule has 2 aromatic rings. The first-order valence-electron chi connectivity index (χ1n) is 14.6. The van der Waals surface area contributed by atoms with Crippen LogP contribution in [0.5, 0.6) is 0 Å². The van der Waals surface area contributed by atoms with Crippen molar-refractivity contribution in [1.82, 2.24) is 15.6 Å². The molecule has 1 atom stereocenters. The summed E-state index contributed by atoms with van der Waals surface area (Å²) < 4.78 is 0. The molecular weight excluding hydrogens is 472 g/mol. The van der Waals surface area contributed by atoms with E-state index < -0.39 is 11.0 Å². The maximum absolute atomic E-state index is 13.2. The van der Waals surface area contributed by atoms with Gasteiger partial charge in [0.1, 0.15) is 5.82 Å². The van der Waals surface area contributed by atoms with Crippen LogP contribution in [0.15, 0.2) is 42.6 Å². The summed E-state index contributed by atoms with van der Waals surface area (Å²) >= 11 is 0. The summed E-state index contributed by atoms with van der Waals surface area (Å²) in [6.45, 7) is 3.68. The molecule has 38 heavy (non-hydrogen) atoms. The SMILES string of the molecule is CCCCCCCCNC1(C(=O)NC/C=C/c2ccc3c(c2)C[C@@]2(C3)C(=O)Nc3ncccc32)CCCC1. The van der Waals surface area contributed by atoms with E-state index in [1.54, 1.807) is 6.20 Å². The van der Waals surface area contributed by atoms with Crippen molar-refractivity contribution < 1.29 is 9.59 Å². The van der Waals surface area contributed by atoms with E-state index >= 15 is 0 Å². The molecule has 0 unspecified atom stereocenters. The highest BCUT2D eigenvalue weighted by Crippen LogP contribution is 2.46. The third-order valence-corrected chi connectivity index (χ3v) is 8.78. The van der Waals surface area contributed by atoms with E-state index in [2.05, 4.69) is 52.1 Å². The molecule has 0 bridgehead atoms. The van der Waals surface area contributed by atoms with Crippen LogP contribution in [0.1, 0.15) is 93.4 Å². The lowest BCUT2D eigenvalue weighted by Gasteiger charge is -2.29. The first-order chi connectivity index (χ1) is 18.6. The van der Waals surface area contributed by atoms with Crippen LogP contribution < -0.4 is 16.0 Å². The van der Waals surface area contributed by atoms with E-state index in [9.17, 15) is 9.59 Å². The third kappa shape index (κ3) is 5.42. The summed E-state index contributed by atoms with van der Waals surface area (Å²) in [4.78, 5) is 30.5. The number of benzene rings is 1. The standard InChI is InChI=1S/C32H42N4O2/c1-2-3-4-5-6-9-20-35-32(16-7-8-17-32)30(38)34-19-10-12-24-14-15-25-22-31(23-26(25)21-24)27-13-11-18-33-28(27)36-29(31)37/h10-15,18,21,35H,2-9,16-17,19-20,22-23H2,1H3,(H,34,38)(H,33,36,37)/b12-10+/t31-/m1/s1. The Hall–Kier alpha value is -2.99. The van der Waals surface area contributed by atoms with Crippen molar-refractivity contribution in [2.24, 2.45) is 0 Å². The monoisotopic (exact) mass is 514 g/mol. The molecule has 3 N–H and O–H groups in total. The van der Waals surface area contributed by atoms with Crippen molar-refractivity contribution in [2.75, 3.05) is 18.4 Å². The van der Waals surface area contributed by atoms with Crippen LogP contribution in [0, 0.1) is 0 Å². The van der Waals surface area contributed by atoms with Crippen LogP contribution in [0.25, 0.3) is 6.08 Å². The number of nitrogens with zero attached hydrogens (tertiary/aromatic N) is 1. The second-order valence-electron chi connectivity index (χ2n) is 11.4. The Bertz CT molecular complexity index is 1180. The van der Waals surface area contributed by atoms with Crippen molar-refractivity contribution in [1.29, 1.82) is 0 Å². The molecule has 6 nitrogen and oxygen atoms in total. The largest absolute Gasteiger partial charge is 0.351 e. The predicted molar refractivity (Wildman–Crippen MR) is 153 cm³/mol. The maximum atomic E-state index is 13.2. The molecule has 1 spiro atoms. The van der Waals surface area contributed by atoms with Gasteiger partial charge in [-0.3, -0.25) is 9.59 Å². The van der Waals surface area contributed by atoms with Gasteiger partial charge in [-0.1, -0.05) is 88.3 Å². The minimum atomic E-state index is -0.541. The number of anilines is 1. The second-order valence-corrected chi connectivity index (χ2v) is 11.4. The fourth-order valence-electron chi connectivity index (χ4n) is 6.60. The predicted octanol–water partition coefficient (Wildman–Crippen LogP) is 5.46. The molecule has 1 aromatic carbocycles. The van der Waals surface area contributed by atoms with Gasteiger partial charge in [-0.05, 0) is 61.4 Å². The van der Waals surface area contributed by atoms with Gasteiger partial charge in [0.05, 0.1) is 11.0 Å². The van der Waals surface area contributed by atoms with Crippen molar-refractivity contribution in [3.63, 3.8) is 0 Å². The second kappa shape index (κ2) is 11.8. The molecule has 1 fully saturated rings. The first kappa shape index (κ1) is 26.6. The minimum absolute atomic E-state index is 0.0492.